The van der Waals surface area contributed by atoms with E-state index >= 15 is 0 Å². The maximum atomic E-state index is 12.6. The molecule has 0 saturated carbocycles. The van der Waals surface area contributed by atoms with E-state index in [2.05, 4.69) is 50.2 Å². The van der Waals surface area contributed by atoms with Crippen molar-refractivity contribution >= 4 is 35.0 Å². The zero-order valence-corrected chi connectivity index (χ0v) is 18.3. The first-order chi connectivity index (χ1) is 13.6. The molecule has 1 unspecified atom stereocenters. The Morgan fingerprint density at radius 1 is 1.31 bits per heavy atom. The summed E-state index contributed by atoms with van der Waals surface area (Å²) in [5, 5.41) is 12.9. The lowest BCUT2D eigenvalue weighted by Crippen LogP contribution is -2.45. The van der Waals surface area contributed by atoms with Crippen LogP contribution in [0.2, 0.25) is 5.02 Å². The number of rotatable bonds is 3. The van der Waals surface area contributed by atoms with Gasteiger partial charge in [0.25, 0.3) is 5.91 Å². The number of hydrogen-bond donors (Lipinski definition) is 1. The summed E-state index contributed by atoms with van der Waals surface area (Å²) in [6, 6.07) is 13.1. The number of carbonyl (C=O) groups is 1. The maximum absolute atomic E-state index is 12.6. The molecule has 0 saturated heterocycles. The summed E-state index contributed by atoms with van der Waals surface area (Å²) in [5.41, 5.74) is 5.15. The average molecular weight is 408 g/mol. The Morgan fingerprint density at radius 3 is 2.59 bits per heavy atom. The van der Waals surface area contributed by atoms with E-state index in [1.165, 1.54) is 11.3 Å². The number of fused-ring (bicyclic) bond motifs is 1. The zero-order valence-electron chi connectivity index (χ0n) is 17.5. The third-order valence-corrected chi connectivity index (χ3v) is 6.04. The number of aryl methyl sites for hydroxylation is 1. The Bertz CT molecular complexity index is 1020. The summed E-state index contributed by atoms with van der Waals surface area (Å²) in [6.45, 7) is 8.75. The fraction of sp³-hybridized carbons (Fsp3) is 0.333. The number of nitrogens with zero attached hydrogens (tertiary/aromatic N) is 2. The molecule has 1 aliphatic rings. The fourth-order valence-electron chi connectivity index (χ4n) is 3.93. The van der Waals surface area contributed by atoms with Gasteiger partial charge in [-0.25, -0.2) is 0 Å². The van der Waals surface area contributed by atoms with E-state index in [0.717, 1.165) is 17.5 Å². The highest BCUT2D eigenvalue weighted by Gasteiger charge is 2.34. The van der Waals surface area contributed by atoms with Gasteiger partial charge in [-0.3, -0.25) is 4.79 Å². The molecule has 0 aliphatic carbocycles. The Hall–Kier alpha value is -2.77. The van der Waals surface area contributed by atoms with Gasteiger partial charge in [-0.1, -0.05) is 18.5 Å². The van der Waals surface area contributed by atoms with Crippen LogP contribution in [0, 0.1) is 18.3 Å². The summed E-state index contributed by atoms with van der Waals surface area (Å²) >= 11 is 5.88. The molecule has 5 heteroatoms. The van der Waals surface area contributed by atoms with E-state index in [1.807, 2.05) is 13.0 Å². The fourth-order valence-corrected chi connectivity index (χ4v) is 4.05. The van der Waals surface area contributed by atoms with Gasteiger partial charge in [0, 0.05) is 29.0 Å². The van der Waals surface area contributed by atoms with Crippen molar-refractivity contribution in [3.8, 4) is 6.07 Å². The molecule has 0 bridgehead atoms. The molecule has 1 aliphatic heterocycles. The summed E-state index contributed by atoms with van der Waals surface area (Å²) in [4.78, 5) is 14.9. The van der Waals surface area contributed by atoms with Gasteiger partial charge in [-0.05, 0) is 92.3 Å². The smallest absolute Gasteiger partial charge is 0.266 e. The number of hydrogen-bond acceptors (Lipinski definition) is 3. The third kappa shape index (κ3) is 4.31. The van der Waals surface area contributed by atoms with Crippen molar-refractivity contribution in [1.29, 1.82) is 5.26 Å². The van der Waals surface area contributed by atoms with Crippen molar-refractivity contribution in [2.24, 2.45) is 0 Å². The second-order valence-corrected chi connectivity index (χ2v) is 8.81. The molecule has 1 amide bonds. The molecule has 2 aromatic carbocycles. The molecule has 0 aromatic heterocycles. The molecular weight excluding hydrogens is 382 g/mol. The summed E-state index contributed by atoms with van der Waals surface area (Å²) in [7, 11) is 2.12. The maximum Gasteiger partial charge on any atom is 0.266 e. The van der Waals surface area contributed by atoms with E-state index in [9.17, 15) is 10.1 Å². The van der Waals surface area contributed by atoms with Crippen molar-refractivity contribution in [2.45, 2.75) is 45.6 Å². The molecule has 150 valence electrons. The number of benzene rings is 2. The Morgan fingerprint density at radius 2 is 1.97 bits per heavy atom. The largest absolute Gasteiger partial charge is 0.369 e. The lowest BCUT2D eigenvalue weighted by molar-refractivity contribution is -0.112. The number of halogens is 1. The van der Waals surface area contributed by atoms with Gasteiger partial charge < -0.3 is 10.2 Å². The van der Waals surface area contributed by atoms with Gasteiger partial charge in [0.15, 0.2) is 0 Å². The first-order valence-electron chi connectivity index (χ1n) is 9.69. The molecular formula is C24H26ClN3O. The van der Waals surface area contributed by atoms with Gasteiger partial charge in [0.1, 0.15) is 11.6 Å². The minimum absolute atomic E-state index is 0.0696. The quantitative estimate of drug-likeness (QED) is 0.507. The number of anilines is 2. The SMILES string of the molecule is Cc1cc2c(cc1/C=C(\C#N)C(=O)Nc1ccc(Cl)cc1)C(C)CC(C)(C)N2C. The van der Waals surface area contributed by atoms with Crippen LogP contribution in [0.4, 0.5) is 11.4 Å². The van der Waals surface area contributed by atoms with Crippen LogP contribution in [0.1, 0.15) is 49.8 Å². The first-order valence-corrected chi connectivity index (χ1v) is 10.1. The second-order valence-electron chi connectivity index (χ2n) is 8.38. The average Bonchev–Trinajstić information content (AvgIpc) is 2.66. The van der Waals surface area contributed by atoms with Crippen LogP contribution in [0.5, 0.6) is 0 Å². The van der Waals surface area contributed by atoms with Crippen LogP contribution >= 0.6 is 11.6 Å². The van der Waals surface area contributed by atoms with Crippen LogP contribution in [0.15, 0.2) is 42.0 Å². The summed E-state index contributed by atoms with van der Waals surface area (Å²) in [5.74, 6) is -0.0318. The predicted octanol–water partition coefficient (Wildman–Crippen LogP) is 5.92. The van der Waals surface area contributed by atoms with Crippen LogP contribution in [-0.2, 0) is 4.79 Å². The van der Waals surface area contributed by atoms with E-state index in [0.29, 0.717) is 16.6 Å². The number of nitrogens with one attached hydrogen (secondary N) is 1. The van der Waals surface area contributed by atoms with Gasteiger partial charge in [-0.2, -0.15) is 5.26 Å². The number of amides is 1. The molecule has 1 heterocycles. The topological polar surface area (TPSA) is 56.1 Å². The van der Waals surface area contributed by atoms with Crippen molar-refractivity contribution in [3.63, 3.8) is 0 Å². The number of carbonyl (C=O) groups excluding carboxylic acids is 1. The minimum Gasteiger partial charge on any atom is -0.369 e. The Labute approximate surface area is 177 Å². The molecule has 0 fully saturated rings. The lowest BCUT2D eigenvalue weighted by atomic mass is 9.79. The first kappa shape index (κ1) is 21.0. The van der Waals surface area contributed by atoms with Crippen molar-refractivity contribution in [2.75, 3.05) is 17.3 Å². The van der Waals surface area contributed by atoms with E-state index < -0.39 is 5.91 Å². The highest BCUT2D eigenvalue weighted by Crippen LogP contribution is 2.43. The van der Waals surface area contributed by atoms with Crippen molar-refractivity contribution in [3.05, 3.63) is 63.7 Å². The highest BCUT2D eigenvalue weighted by atomic mass is 35.5. The van der Waals surface area contributed by atoms with Gasteiger partial charge in [0.05, 0.1) is 0 Å². The van der Waals surface area contributed by atoms with E-state index in [4.69, 9.17) is 11.6 Å². The molecule has 29 heavy (non-hydrogen) atoms. The molecule has 3 rings (SSSR count). The predicted molar refractivity (Wildman–Crippen MR) is 120 cm³/mol. The zero-order chi connectivity index (χ0) is 21.3. The minimum atomic E-state index is -0.432. The standard InChI is InChI=1S/C24H26ClN3O/c1-15-10-22-21(16(2)13-24(3,4)28(22)5)12-17(15)11-18(14-26)23(29)27-20-8-6-19(25)7-9-20/h6-12,16H,13H2,1-5H3,(H,27,29)/b18-11+. The van der Waals surface area contributed by atoms with Crippen molar-refractivity contribution in [1.82, 2.24) is 0 Å². The molecule has 4 nitrogen and oxygen atoms in total. The van der Waals surface area contributed by atoms with Crippen LogP contribution < -0.4 is 10.2 Å². The second kappa shape index (κ2) is 7.93. The number of nitriles is 1. The normalized spacial score (nSPS) is 18.0. The van der Waals surface area contributed by atoms with Crippen LogP contribution in [0.25, 0.3) is 6.08 Å². The summed E-state index contributed by atoms with van der Waals surface area (Å²) in [6.07, 6.45) is 2.72. The lowest BCUT2D eigenvalue weighted by Gasteiger charge is -2.45. The van der Waals surface area contributed by atoms with E-state index in [-0.39, 0.29) is 11.1 Å². The molecule has 1 atom stereocenters. The van der Waals surface area contributed by atoms with Gasteiger partial charge in [-0.15, -0.1) is 0 Å². The molecule has 0 radical (unpaired) electrons. The Balaban J connectivity index is 1.94. The van der Waals surface area contributed by atoms with Gasteiger partial charge in [0.2, 0.25) is 0 Å². The van der Waals surface area contributed by atoms with Crippen molar-refractivity contribution < 1.29 is 4.79 Å². The van der Waals surface area contributed by atoms with Crippen LogP contribution in [-0.4, -0.2) is 18.5 Å². The van der Waals surface area contributed by atoms with Gasteiger partial charge >= 0.3 is 0 Å². The third-order valence-electron chi connectivity index (χ3n) is 5.79. The monoisotopic (exact) mass is 407 g/mol. The molecule has 1 N–H and O–H groups in total. The van der Waals surface area contributed by atoms with E-state index in [1.54, 1.807) is 30.3 Å². The molecule has 2 aromatic rings. The summed E-state index contributed by atoms with van der Waals surface area (Å²) < 4.78 is 0. The van der Waals surface area contributed by atoms with Crippen LogP contribution in [0.3, 0.4) is 0 Å². The Kier molecular flexibility index (Phi) is 5.73. The molecule has 0 spiro atoms. The highest BCUT2D eigenvalue weighted by molar-refractivity contribution is 6.30.